The molecule has 1 unspecified atom stereocenters. The van der Waals surface area contributed by atoms with Gasteiger partial charge in [-0.2, -0.15) is 13.2 Å². The highest BCUT2D eigenvalue weighted by Gasteiger charge is 2.37. The second kappa shape index (κ2) is 6.03. The molecular weight excluding hydrogens is 321 g/mol. The van der Waals surface area contributed by atoms with E-state index in [1.807, 2.05) is 6.92 Å². The number of benzene rings is 1. The molecule has 7 heteroatoms. The van der Waals surface area contributed by atoms with Gasteiger partial charge >= 0.3 is 6.18 Å². The highest BCUT2D eigenvalue weighted by molar-refractivity contribution is 5.94. The number of alkyl halides is 3. The summed E-state index contributed by atoms with van der Waals surface area (Å²) in [6, 6.07) is 3.98. The number of aromatic amines is 1. The average molecular weight is 340 g/mol. The Hall–Kier alpha value is -2.18. The quantitative estimate of drug-likeness (QED) is 0.921. The van der Waals surface area contributed by atoms with Crippen molar-refractivity contribution in [3.05, 3.63) is 34.1 Å². The second-order valence-electron chi connectivity index (χ2n) is 5.92. The van der Waals surface area contributed by atoms with Gasteiger partial charge in [-0.25, -0.2) is 0 Å². The van der Waals surface area contributed by atoms with Gasteiger partial charge in [-0.3, -0.25) is 4.79 Å². The number of hydrogen-bond acceptors (Lipinski definition) is 3. The first kappa shape index (κ1) is 16.7. The molecule has 0 bridgehead atoms. The maximum atomic E-state index is 13.4. The summed E-state index contributed by atoms with van der Waals surface area (Å²) in [7, 11) is 0. The van der Waals surface area contributed by atoms with Gasteiger partial charge in [0.15, 0.2) is 5.75 Å². The standard InChI is InChI=1S/C17H19F3N2O2/c1-3-5-10-9-24-16-13(22(10)4-2)7-6-12-15(16)11(17(18,19)20)8-14(23)21-12/h6-8,10H,3-5,9H2,1-2H3,(H,21,23). The molecule has 1 aliphatic rings. The highest BCUT2D eigenvalue weighted by Crippen LogP contribution is 2.44. The van der Waals surface area contributed by atoms with Crippen LogP contribution in [0.2, 0.25) is 0 Å². The maximum Gasteiger partial charge on any atom is 0.417 e. The van der Waals surface area contributed by atoms with E-state index in [2.05, 4.69) is 16.8 Å². The summed E-state index contributed by atoms with van der Waals surface area (Å²) in [5, 5.41) is -0.0759. The van der Waals surface area contributed by atoms with Crippen molar-refractivity contribution in [2.75, 3.05) is 18.1 Å². The van der Waals surface area contributed by atoms with Crippen molar-refractivity contribution in [3.8, 4) is 5.75 Å². The first-order valence-electron chi connectivity index (χ1n) is 8.03. The summed E-state index contributed by atoms with van der Waals surface area (Å²) in [6.07, 6.45) is -2.75. The Labute approximate surface area is 137 Å². The molecule has 1 aromatic heterocycles. The van der Waals surface area contributed by atoms with Crippen LogP contribution < -0.4 is 15.2 Å². The number of anilines is 1. The Morgan fingerprint density at radius 2 is 2.08 bits per heavy atom. The summed E-state index contributed by atoms with van der Waals surface area (Å²) in [4.78, 5) is 16.1. The van der Waals surface area contributed by atoms with Crippen molar-refractivity contribution in [2.24, 2.45) is 0 Å². The van der Waals surface area contributed by atoms with Crippen molar-refractivity contribution in [3.63, 3.8) is 0 Å². The zero-order chi connectivity index (χ0) is 17.5. The number of likely N-dealkylation sites (N-methyl/N-ethyl adjacent to an activating group) is 1. The molecule has 0 aliphatic carbocycles. The lowest BCUT2D eigenvalue weighted by molar-refractivity contribution is -0.136. The third-order valence-electron chi connectivity index (χ3n) is 4.38. The molecule has 1 atom stereocenters. The van der Waals surface area contributed by atoms with E-state index in [9.17, 15) is 18.0 Å². The lowest BCUT2D eigenvalue weighted by Gasteiger charge is -2.38. The number of ether oxygens (including phenoxy) is 1. The average Bonchev–Trinajstić information content (AvgIpc) is 2.52. The van der Waals surface area contributed by atoms with Gasteiger partial charge in [0.2, 0.25) is 5.56 Å². The van der Waals surface area contributed by atoms with Crippen molar-refractivity contribution in [1.29, 1.82) is 0 Å². The molecule has 0 radical (unpaired) electrons. The lowest BCUT2D eigenvalue weighted by Crippen LogP contribution is -2.43. The minimum Gasteiger partial charge on any atom is -0.489 e. The smallest absolute Gasteiger partial charge is 0.417 e. The van der Waals surface area contributed by atoms with Crippen LogP contribution in [-0.2, 0) is 6.18 Å². The van der Waals surface area contributed by atoms with Crippen LogP contribution in [0, 0.1) is 0 Å². The lowest BCUT2D eigenvalue weighted by atomic mass is 10.0. The minimum atomic E-state index is -4.62. The van der Waals surface area contributed by atoms with Gasteiger partial charge in [0.1, 0.15) is 6.61 Å². The van der Waals surface area contributed by atoms with Crippen LogP contribution in [-0.4, -0.2) is 24.2 Å². The number of H-pyrrole nitrogens is 1. The monoisotopic (exact) mass is 340 g/mol. The topological polar surface area (TPSA) is 45.3 Å². The molecule has 3 rings (SSSR count). The summed E-state index contributed by atoms with van der Waals surface area (Å²) < 4.78 is 46.0. The predicted octanol–water partition coefficient (Wildman–Crippen LogP) is 3.93. The number of nitrogens with one attached hydrogen (secondary N) is 1. The number of halogens is 3. The molecule has 130 valence electrons. The van der Waals surface area contributed by atoms with E-state index in [4.69, 9.17) is 4.74 Å². The summed E-state index contributed by atoms with van der Waals surface area (Å²) >= 11 is 0. The number of rotatable bonds is 3. The molecule has 1 N–H and O–H groups in total. The fraction of sp³-hybridized carbons (Fsp3) is 0.471. The number of nitrogens with zero attached hydrogens (tertiary/aromatic N) is 1. The second-order valence-corrected chi connectivity index (χ2v) is 5.92. The number of hydrogen-bond donors (Lipinski definition) is 1. The van der Waals surface area contributed by atoms with E-state index in [1.54, 1.807) is 6.07 Å². The Kier molecular flexibility index (Phi) is 4.19. The first-order chi connectivity index (χ1) is 11.4. The Morgan fingerprint density at radius 3 is 2.71 bits per heavy atom. The third kappa shape index (κ3) is 2.72. The Bertz CT molecular complexity index is 814. The van der Waals surface area contributed by atoms with E-state index in [1.165, 1.54) is 6.07 Å². The van der Waals surface area contributed by atoms with Crippen molar-refractivity contribution < 1.29 is 17.9 Å². The van der Waals surface area contributed by atoms with Crippen LogP contribution >= 0.6 is 0 Å². The Morgan fingerprint density at radius 1 is 1.33 bits per heavy atom. The zero-order valence-electron chi connectivity index (χ0n) is 13.5. The molecule has 24 heavy (non-hydrogen) atoms. The Balaban J connectivity index is 2.27. The SMILES string of the molecule is CCCC1COc2c(ccc3[nH]c(=O)cc(C(F)(F)F)c23)N1CC. The largest absolute Gasteiger partial charge is 0.489 e. The third-order valence-corrected chi connectivity index (χ3v) is 4.38. The molecule has 4 nitrogen and oxygen atoms in total. The van der Waals surface area contributed by atoms with Gasteiger partial charge in [0.25, 0.3) is 0 Å². The normalized spacial score (nSPS) is 17.7. The van der Waals surface area contributed by atoms with Crippen LogP contribution in [0.1, 0.15) is 32.3 Å². The van der Waals surface area contributed by atoms with E-state index >= 15 is 0 Å². The van der Waals surface area contributed by atoms with Crippen molar-refractivity contribution in [1.82, 2.24) is 4.98 Å². The van der Waals surface area contributed by atoms with Gasteiger partial charge < -0.3 is 14.6 Å². The molecule has 1 aromatic carbocycles. The van der Waals surface area contributed by atoms with Gasteiger partial charge in [0, 0.05) is 12.6 Å². The van der Waals surface area contributed by atoms with Gasteiger partial charge in [-0.15, -0.1) is 0 Å². The molecule has 2 aromatic rings. The van der Waals surface area contributed by atoms with Gasteiger partial charge in [-0.1, -0.05) is 13.3 Å². The van der Waals surface area contributed by atoms with Crippen molar-refractivity contribution in [2.45, 2.75) is 38.9 Å². The minimum absolute atomic E-state index is 0.0759. The molecule has 1 aliphatic heterocycles. The van der Waals surface area contributed by atoms with Crippen molar-refractivity contribution >= 4 is 16.6 Å². The predicted molar refractivity (Wildman–Crippen MR) is 86.8 cm³/mol. The molecule has 0 saturated heterocycles. The molecule has 0 saturated carbocycles. The number of aromatic nitrogens is 1. The number of fused-ring (bicyclic) bond motifs is 3. The fourth-order valence-corrected chi connectivity index (χ4v) is 3.38. The fourth-order valence-electron chi connectivity index (χ4n) is 3.38. The van der Waals surface area contributed by atoms with Crippen LogP contribution in [0.3, 0.4) is 0 Å². The molecule has 0 spiro atoms. The summed E-state index contributed by atoms with van der Waals surface area (Å²) in [5.41, 5.74) is -0.948. The van der Waals surface area contributed by atoms with Gasteiger partial charge in [-0.05, 0) is 25.5 Å². The maximum absolute atomic E-state index is 13.4. The van der Waals surface area contributed by atoms with E-state index < -0.39 is 17.3 Å². The van der Waals surface area contributed by atoms with Crippen LogP contribution in [0.5, 0.6) is 5.75 Å². The summed E-state index contributed by atoms with van der Waals surface area (Å²) in [5.74, 6) is 0.199. The summed E-state index contributed by atoms with van der Waals surface area (Å²) in [6.45, 7) is 5.05. The molecule has 2 heterocycles. The highest BCUT2D eigenvalue weighted by atomic mass is 19.4. The van der Waals surface area contributed by atoms with E-state index in [0.717, 1.165) is 12.8 Å². The molecule has 0 fully saturated rings. The first-order valence-corrected chi connectivity index (χ1v) is 8.03. The molecule has 0 amide bonds. The molecular formula is C17H19F3N2O2. The van der Waals surface area contributed by atoms with Crippen LogP contribution in [0.4, 0.5) is 18.9 Å². The zero-order valence-corrected chi connectivity index (χ0v) is 13.5. The van der Waals surface area contributed by atoms with Crippen LogP contribution in [0.15, 0.2) is 23.0 Å². The van der Waals surface area contributed by atoms with E-state index in [0.29, 0.717) is 24.9 Å². The number of pyridine rings is 1. The van der Waals surface area contributed by atoms with E-state index in [-0.39, 0.29) is 22.7 Å². The van der Waals surface area contributed by atoms with Gasteiger partial charge in [0.05, 0.1) is 28.2 Å². The van der Waals surface area contributed by atoms with Crippen LogP contribution in [0.25, 0.3) is 10.9 Å².